The van der Waals surface area contributed by atoms with Crippen molar-refractivity contribution in [3.05, 3.63) is 28.8 Å². The third-order valence-corrected chi connectivity index (χ3v) is 3.08. The van der Waals surface area contributed by atoms with Crippen LogP contribution in [-0.4, -0.2) is 24.3 Å². The molecular weight excluding hydrogens is 234 g/mol. The summed E-state index contributed by atoms with van der Waals surface area (Å²) in [6.07, 6.45) is 3.67. The Morgan fingerprint density at radius 1 is 1.41 bits per heavy atom. The first kappa shape index (κ1) is 12.0. The SMILES string of the molecule is Cn1cnnc1Cn1c(C(C)(C)C)c[nH]c1=S. The summed E-state index contributed by atoms with van der Waals surface area (Å²) in [5.41, 5.74) is 1.22. The number of rotatable bonds is 2. The highest BCUT2D eigenvalue weighted by molar-refractivity contribution is 7.71. The van der Waals surface area contributed by atoms with Gasteiger partial charge in [-0.05, 0) is 12.2 Å². The molecule has 0 atom stereocenters. The number of nitrogens with zero attached hydrogens (tertiary/aromatic N) is 4. The van der Waals surface area contributed by atoms with Crippen molar-refractivity contribution < 1.29 is 0 Å². The molecule has 2 aromatic rings. The Bertz CT molecular complexity index is 569. The minimum Gasteiger partial charge on any atom is -0.337 e. The second kappa shape index (κ2) is 4.10. The van der Waals surface area contributed by atoms with E-state index in [1.54, 1.807) is 6.33 Å². The van der Waals surface area contributed by atoms with Crippen LogP contribution in [0, 0.1) is 4.77 Å². The number of nitrogens with one attached hydrogen (secondary N) is 1. The van der Waals surface area contributed by atoms with Crippen LogP contribution in [0.2, 0.25) is 0 Å². The average molecular weight is 251 g/mol. The van der Waals surface area contributed by atoms with Crippen molar-refractivity contribution >= 4 is 12.2 Å². The molecule has 0 amide bonds. The second-order valence-electron chi connectivity index (χ2n) is 5.17. The van der Waals surface area contributed by atoms with Crippen molar-refractivity contribution in [3.63, 3.8) is 0 Å². The van der Waals surface area contributed by atoms with Crippen LogP contribution in [0.1, 0.15) is 32.3 Å². The minimum atomic E-state index is 0.0478. The maximum Gasteiger partial charge on any atom is 0.177 e. The molecule has 0 aliphatic rings. The van der Waals surface area contributed by atoms with Crippen LogP contribution in [0.5, 0.6) is 0 Å². The standard InChI is InChI=1S/C11H17N5S/c1-11(2,3)8-5-12-10(17)16(8)6-9-14-13-7-15(9)4/h5,7H,6H2,1-4H3,(H,12,17). The highest BCUT2D eigenvalue weighted by atomic mass is 32.1. The molecule has 1 N–H and O–H groups in total. The van der Waals surface area contributed by atoms with Gasteiger partial charge < -0.3 is 14.1 Å². The van der Waals surface area contributed by atoms with E-state index in [1.165, 1.54) is 5.69 Å². The van der Waals surface area contributed by atoms with Crippen LogP contribution in [-0.2, 0) is 19.0 Å². The minimum absolute atomic E-state index is 0.0478. The van der Waals surface area contributed by atoms with Gasteiger partial charge in [-0.15, -0.1) is 10.2 Å². The third-order valence-electron chi connectivity index (χ3n) is 2.74. The third kappa shape index (κ3) is 2.31. The largest absolute Gasteiger partial charge is 0.337 e. The van der Waals surface area contributed by atoms with E-state index < -0.39 is 0 Å². The van der Waals surface area contributed by atoms with Crippen LogP contribution < -0.4 is 0 Å². The molecule has 0 unspecified atom stereocenters. The summed E-state index contributed by atoms with van der Waals surface area (Å²) >= 11 is 5.31. The Labute approximate surface area is 106 Å². The molecule has 0 aliphatic heterocycles. The maximum absolute atomic E-state index is 5.31. The van der Waals surface area contributed by atoms with Crippen LogP contribution in [0.15, 0.2) is 12.5 Å². The van der Waals surface area contributed by atoms with E-state index in [-0.39, 0.29) is 5.41 Å². The molecule has 2 heterocycles. The molecule has 17 heavy (non-hydrogen) atoms. The van der Waals surface area contributed by atoms with Gasteiger partial charge in [-0.3, -0.25) is 0 Å². The molecule has 92 valence electrons. The fourth-order valence-corrected chi connectivity index (χ4v) is 1.99. The van der Waals surface area contributed by atoms with E-state index in [9.17, 15) is 0 Å². The number of imidazole rings is 1. The quantitative estimate of drug-likeness (QED) is 0.831. The fraction of sp³-hybridized carbons (Fsp3) is 0.545. The van der Waals surface area contributed by atoms with Gasteiger partial charge in [-0.2, -0.15) is 0 Å². The lowest BCUT2D eigenvalue weighted by molar-refractivity contribution is 0.521. The van der Waals surface area contributed by atoms with E-state index >= 15 is 0 Å². The summed E-state index contributed by atoms with van der Waals surface area (Å²) in [7, 11) is 1.93. The van der Waals surface area contributed by atoms with Crippen molar-refractivity contribution in [3.8, 4) is 0 Å². The Kier molecular flexibility index (Phi) is 2.91. The Balaban J connectivity index is 2.43. The molecule has 0 radical (unpaired) electrons. The molecule has 0 saturated heterocycles. The van der Waals surface area contributed by atoms with Crippen molar-refractivity contribution in [2.45, 2.75) is 32.7 Å². The van der Waals surface area contributed by atoms with Crippen LogP contribution in [0.3, 0.4) is 0 Å². The first-order chi connectivity index (χ1) is 7.89. The monoisotopic (exact) mass is 251 g/mol. The molecule has 2 aromatic heterocycles. The number of hydrogen-bond donors (Lipinski definition) is 1. The molecule has 0 spiro atoms. The van der Waals surface area contributed by atoms with Crippen molar-refractivity contribution in [1.82, 2.24) is 24.3 Å². The number of hydrogen-bond acceptors (Lipinski definition) is 3. The van der Waals surface area contributed by atoms with E-state index in [0.717, 1.165) is 10.6 Å². The number of aromatic nitrogens is 5. The van der Waals surface area contributed by atoms with Gasteiger partial charge in [0.2, 0.25) is 0 Å². The molecule has 0 aliphatic carbocycles. The predicted octanol–water partition coefficient (Wildman–Crippen LogP) is 2.02. The lowest BCUT2D eigenvalue weighted by Crippen LogP contribution is -2.19. The summed E-state index contributed by atoms with van der Waals surface area (Å²) in [6, 6.07) is 0. The number of aromatic amines is 1. The predicted molar refractivity (Wildman–Crippen MR) is 68.4 cm³/mol. The normalized spacial score (nSPS) is 12.0. The molecular formula is C11H17N5S. The summed E-state index contributed by atoms with van der Waals surface area (Å²) in [4.78, 5) is 3.10. The van der Waals surface area contributed by atoms with Gasteiger partial charge in [-0.1, -0.05) is 20.8 Å². The molecule has 5 nitrogen and oxygen atoms in total. The molecule has 2 rings (SSSR count). The molecule has 6 heteroatoms. The van der Waals surface area contributed by atoms with Gasteiger partial charge in [0.15, 0.2) is 10.6 Å². The average Bonchev–Trinajstić information content (AvgIpc) is 2.75. The lowest BCUT2D eigenvalue weighted by Gasteiger charge is -2.20. The van der Waals surface area contributed by atoms with Crippen LogP contribution in [0.25, 0.3) is 0 Å². The van der Waals surface area contributed by atoms with Gasteiger partial charge in [0.25, 0.3) is 0 Å². The van der Waals surface area contributed by atoms with Gasteiger partial charge >= 0.3 is 0 Å². The zero-order valence-electron chi connectivity index (χ0n) is 10.6. The van der Waals surface area contributed by atoms with Crippen LogP contribution >= 0.6 is 12.2 Å². The summed E-state index contributed by atoms with van der Waals surface area (Å²) in [6.45, 7) is 7.14. The van der Waals surface area contributed by atoms with Crippen LogP contribution in [0.4, 0.5) is 0 Å². The zero-order valence-corrected chi connectivity index (χ0v) is 11.4. The zero-order chi connectivity index (χ0) is 12.6. The van der Waals surface area contributed by atoms with E-state index in [4.69, 9.17) is 12.2 Å². The Morgan fingerprint density at radius 2 is 2.12 bits per heavy atom. The second-order valence-corrected chi connectivity index (χ2v) is 5.56. The lowest BCUT2D eigenvalue weighted by atomic mass is 9.92. The molecule has 0 bridgehead atoms. The highest BCUT2D eigenvalue weighted by Crippen LogP contribution is 2.22. The number of H-pyrrole nitrogens is 1. The molecule has 0 aromatic carbocycles. The summed E-state index contributed by atoms with van der Waals surface area (Å²) in [5, 5.41) is 7.97. The van der Waals surface area contributed by atoms with Gasteiger partial charge in [0.05, 0.1) is 6.54 Å². The van der Waals surface area contributed by atoms with Crippen molar-refractivity contribution in [2.24, 2.45) is 7.05 Å². The van der Waals surface area contributed by atoms with Crippen molar-refractivity contribution in [1.29, 1.82) is 0 Å². The van der Waals surface area contributed by atoms with E-state index in [2.05, 4.69) is 40.5 Å². The smallest absolute Gasteiger partial charge is 0.177 e. The van der Waals surface area contributed by atoms with Gasteiger partial charge in [0, 0.05) is 24.4 Å². The molecule has 0 saturated carbocycles. The highest BCUT2D eigenvalue weighted by Gasteiger charge is 2.20. The molecule has 0 fully saturated rings. The van der Waals surface area contributed by atoms with E-state index in [0.29, 0.717) is 6.54 Å². The Hall–Kier alpha value is -1.43. The number of aryl methyl sites for hydroxylation is 1. The topological polar surface area (TPSA) is 51.4 Å². The van der Waals surface area contributed by atoms with Crippen molar-refractivity contribution in [2.75, 3.05) is 0 Å². The van der Waals surface area contributed by atoms with Gasteiger partial charge in [-0.25, -0.2) is 0 Å². The van der Waals surface area contributed by atoms with E-state index in [1.807, 2.05) is 17.8 Å². The first-order valence-electron chi connectivity index (χ1n) is 5.51. The fourth-order valence-electron chi connectivity index (χ4n) is 1.77. The maximum atomic E-state index is 5.31. The summed E-state index contributed by atoms with van der Waals surface area (Å²) in [5.74, 6) is 0.895. The summed E-state index contributed by atoms with van der Waals surface area (Å²) < 4.78 is 4.69. The first-order valence-corrected chi connectivity index (χ1v) is 5.92. The van der Waals surface area contributed by atoms with Gasteiger partial charge in [0.1, 0.15) is 6.33 Å². The Morgan fingerprint density at radius 3 is 2.65 bits per heavy atom.